The van der Waals surface area contributed by atoms with Crippen molar-refractivity contribution in [3.8, 4) is 0 Å². The van der Waals surface area contributed by atoms with Gasteiger partial charge in [-0.2, -0.15) is 0 Å². The van der Waals surface area contributed by atoms with Crippen LogP contribution in [0.3, 0.4) is 0 Å². The van der Waals surface area contributed by atoms with Crippen LogP contribution in [-0.4, -0.2) is 24.7 Å². The van der Waals surface area contributed by atoms with E-state index in [1.807, 2.05) is 0 Å². The van der Waals surface area contributed by atoms with Crippen LogP contribution in [0, 0.1) is 5.92 Å². The Balaban J connectivity index is 1.96. The first kappa shape index (κ1) is 12.1. The van der Waals surface area contributed by atoms with Gasteiger partial charge in [0, 0.05) is 4.45 Å². The average Bonchev–Trinajstić information content (AvgIpc) is 2.58. The maximum absolute atomic E-state index is 6.24. The summed E-state index contributed by atoms with van der Waals surface area (Å²) in [6.45, 7) is 7.28. The molecule has 88 valence electrons. The van der Waals surface area contributed by atoms with Crippen molar-refractivity contribution in [3.05, 3.63) is 0 Å². The van der Waals surface area contributed by atoms with Gasteiger partial charge in [0.2, 0.25) is 0 Å². The van der Waals surface area contributed by atoms with Gasteiger partial charge in [-0.3, -0.25) is 0 Å². The molecule has 3 heteroatoms. The average molecular weight is 291 g/mol. The summed E-state index contributed by atoms with van der Waals surface area (Å²) in [7, 11) is -1.10. The lowest BCUT2D eigenvalue weighted by molar-refractivity contribution is 0.0252. The number of rotatable bonds is 2. The molecule has 2 fully saturated rings. The molecule has 0 aromatic carbocycles. The van der Waals surface area contributed by atoms with Gasteiger partial charge in [-0.05, 0) is 25.2 Å². The fourth-order valence-electron chi connectivity index (χ4n) is 2.95. The molecule has 0 amide bonds. The van der Waals surface area contributed by atoms with Crippen molar-refractivity contribution in [2.45, 2.75) is 68.4 Å². The maximum atomic E-state index is 6.24. The van der Waals surface area contributed by atoms with Gasteiger partial charge in [-0.1, -0.05) is 48.4 Å². The summed E-state index contributed by atoms with van der Waals surface area (Å²) in [5, 5.41) is 0. The van der Waals surface area contributed by atoms with E-state index >= 15 is 0 Å². The summed E-state index contributed by atoms with van der Waals surface area (Å²) in [6.07, 6.45) is 7.94. The van der Waals surface area contributed by atoms with E-state index in [1.165, 1.54) is 32.1 Å². The molecule has 0 N–H and O–H groups in total. The molecule has 0 spiro atoms. The van der Waals surface area contributed by atoms with Crippen LogP contribution in [-0.2, 0) is 4.74 Å². The van der Waals surface area contributed by atoms with Crippen LogP contribution in [0.5, 0.6) is 0 Å². The normalized spacial score (nSPS) is 38.8. The third-order valence-electron chi connectivity index (χ3n) is 3.88. The Morgan fingerprint density at radius 1 is 1.20 bits per heavy atom. The molecule has 1 nitrogen and oxygen atoms in total. The third-order valence-corrected chi connectivity index (χ3v) is 10.6. The molecule has 0 bridgehead atoms. The van der Waals surface area contributed by atoms with Gasteiger partial charge in [0.15, 0.2) is 0 Å². The van der Waals surface area contributed by atoms with E-state index in [-0.39, 0.29) is 0 Å². The molecular weight excluding hydrogens is 268 g/mol. The zero-order valence-corrected chi connectivity index (χ0v) is 12.7. The molecular formula is C12H23BrOSi. The molecule has 0 radical (unpaired) electrons. The fraction of sp³-hybridized carbons (Fsp3) is 1.00. The number of ether oxygens (including phenoxy) is 1. The molecule has 1 aliphatic carbocycles. The smallest absolute Gasteiger partial charge is 0.0682 e. The van der Waals surface area contributed by atoms with E-state index in [1.54, 1.807) is 0 Å². The van der Waals surface area contributed by atoms with E-state index in [2.05, 4.69) is 35.6 Å². The molecule has 0 aromatic heterocycles. The monoisotopic (exact) mass is 290 g/mol. The molecule has 2 rings (SSSR count). The second-order valence-corrected chi connectivity index (χ2v) is 13.4. The van der Waals surface area contributed by atoms with Crippen molar-refractivity contribution in [2.24, 2.45) is 5.92 Å². The number of fused-ring (bicyclic) bond motifs is 1. The highest BCUT2D eigenvalue weighted by Gasteiger charge is 2.42. The van der Waals surface area contributed by atoms with Crippen molar-refractivity contribution in [1.82, 2.24) is 0 Å². The summed E-state index contributed by atoms with van der Waals surface area (Å²) < 4.78 is 6.88. The van der Waals surface area contributed by atoms with Crippen molar-refractivity contribution >= 4 is 24.0 Å². The van der Waals surface area contributed by atoms with Gasteiger partial charge in [-0.15, -0.1) is 0 Å². The fourth-order valence-corrected chi connectivity index (χ4v) is 4.62. The van der Waals surface area contributed by atoms with E-state index < -0.39 is 8.07 Å². The van der Waals surface area contributed by atoms with E-state index in [0.717, 1.165) is 5.92 Å². The highest BCUT2D eigenvalue weighted by atomic mass is 79.9. The highest BCUT2D eigenvalue weighted by molar-refractivity contribution is 9.10. The number of halogens is 1. The predicted molar refractivity (Wildman–Crippen MR) is 71.3 cm³/mol. The number of hydrogen-bond acceptors (Lipinski definition) is 1. The van der Waals surface area contributed by atoms with Crippen LogP contribution in [0.4, 0.5) is 0 Å². The summed E-state index contributed by atoms with van der Waals surface area (Å²) in [5.74, 6) is 0.875. The van der Waals surface area contributed by atoms with Gasteiger partial charge < -0.3 is 4.74 Å². The Labute approximate surface area is 103 Å². The van der Waals surface area contributed by atoms with Crippen molar-refractivity contribution in [3.63, 3.8) is 0 Å². The molecule has 15 heavy (non-hydrogen) atoms. The topological polar surface area (TPSA) is 9.23 Å². The molecule has 1 heterocycles. The lowest BCUT2D eigenvalue weighted by Crippen LogP contribution is -2.42. The van der Waals surface area contributed by atoms with Gasteiger partial charge in [0.05, 0.1) is 20.3 Å². The van der Waals surface area contributed by atoms with Crippen LogP contribution in [0.2, 0.25) is 19.6 Å². The second-order valence-electron chi connectivity index (χ2n) is 6.26. The lowest BCUT2D eigenvalue weighted by atomic mass is 9.86. The maximum Gasteiger partial charge on any atom is 0.0682 e. The molecule has 1 saturated carbocycles. The van der Waals surface area contributed by atoms with Gasteiger partial charge in [0.25, 0.3) is 0 Å². The van der Waals surface area contributed by atoms with Gasteiger partial charge >= 0.3 is 0 Å². The first-order valence-electron chi connectivity index (χ1n) is 6.28. The van der Waals surface area contributed by atoms with Crippen LogP contribution in [0.1, 0.15) is 32.1 Å². The Morgan fingerprint density at radius 3 is 2.47 bits per heavy atom. The quantitative estimate of drug-likeness (QED) is 0.552. The van der Waals surface area contributed by atoms with Crippen molar-refractivity contribution in [1.29, 1.82) is 0 Å². The van der Waals surface area contributed by atoms with Crippen molar-refractivity contribution in [2.75, 3.05) is 0 Å². The first-order valence-corrected chi connectivity index (χ1v) is 10.8. The second kappa shape index (κ2) is 4.50. The van der Waals surface area contributed by atoms with E-state index in [9.17, 15) is 0 Å². The minimum Gasteiger partial charge on any atom is -0.374 e. The lowest BCUT2D eigenvalue weighted by Gasteiger charge is -2.28. The summed E-state index contributed by atoms with van der Waals surface area (Å²) >= 11 is 3.90. The summed E-state index contributed by atoms with van der Waals surface area (Å²) in [6, 6.07) is 0. The minimum absolute atomic E-state index is 0.504. The Hall–Kier alpha value is 0.657. The van der Waals surface area contributed by atoms with E-state index in [4.69, 9.17) is 4.74 Å². The predicted octanol–water partition coefficient (Wildman–Crippen LogP) is 3.98. The zero-order valence-electron chi connectivity index (χ0n) is 10.1. The first-order chi connectivity index (χ1) is 6.98. The molecule has 1 aliphatic heterocycles. The molecule has 0 aromatic rings. The van der Waals surface area contributed by atoms with Gasteiger partial charge in [-0.25, -0.2) is 0 Å². The molecule has 2 aliphatic rings. The molecule has 1 saturated heterocycles. The minimum atomic E-state index is -1.10. The summed E-state index contributed by atoms with van der Waals surface area (Å²) in [5.41, 5.74) is 0. The number of hydrogen-bond donors (Lipinski definition) is 0. The number of alkyl halides is 1. The van der Waals surface area contributed by atoms with Crippen LogP contribution < -0.4 is 0 Å². The Kier molecular flexibility index (Phi) is 3.63. The third kappa shape index (κ3) is 2.67. The van der Waals surface area contributed by atoms with Crippen LogP contribution in [0.25, 0.3) is 0 Å². The molecule has 0 unspecified atom stereocenters. The Bertz CT molecular complexity index is 212. The summed E-state index contributed by atoms with van der Waals surface area (Å²) in [4.78, 5) is 0. The Morgan fingerprint density at radius 2 is 1.87 bits per heavy atom. The van der Waals surface area contributed by atoms with Gasteiger partial charge in [0.1, 0.15) is 0 Å². The van der Waals surface area contributed by atoms with Crippen LogP contribution in [0.15, 0.2) is 0 Å². The SMILES string of the molecule is C[Si](C)(C)[C@H](Br)[C@H]1C[C@H]2CCCC[C@@H]2O1. The standard InChI is InChI=1S/C12H23BrOSi/c1-15(2,3)12(13)11-8-9-6-4-5-7-10(9)14-11/h9-12H,4-8H2,1-3H3/t9-,10+,11-,12+/m1/s1. The van der Waals surface area contributed by atoms with Crippen molar-refractivity contribution < 1.29 is 4.74 Å². The highest BCUT2D eigenvalue weighted by Crippen LogP contribution is 2.41. The van der Waals surface area contributed by atoms with E-state index in [0.29, 0.717) is 16.7 Å². The van der Waals surface area contributed by atoms with Crippen LogP contribution >= 0.6 is 15.9 Å². The zero-order chi connectivity index (χ0) is 11.1. The largest absolute Gasteiger partial charge is 0.374 e. The molecule has 4 atom stereocenters.